The number of aliphatic hydroxyl groups is 1. The van der Waals surface area contributed by atoms with Crippen molar-refractivity contribution in [2.45, 2.75) is 58.2 Å². The second kappa shape index (κ2) is 4.11. The monoisotopic (exact) mass is 238 g/mol. The number of hydrogen-bond donors (Lipinski definition) is 2. The molecule has 0 spiro atoms. The molecule has 0 radical (unpaired) electrons. The zero-order chi connectivity index (χ0) is 12.8. The van der Waals surface area contributed by atoms with Crippen molar-refractivity contribution >= 4 is 7.12 Å². The Morgan fingerprint density at radius 2 is 1.94 bits per heavy atom. The van der Waals surface area contributed by atoms with Gasteiger partial charge in [0, 0.05) is 0 Å². The second-order valence-electron chi connectivity index (χ2n) is 6.48. The van der Waals surface area contributed by atoms with Crippen molar-refractivity contribution in [3.63, 3.8) is 0 Å². The third kappa shape index (κ3) is 2.44. The van der Waals surface area contributed by atoms with Gasteiger partial charge in [-0.15, -0.1) is 0 Å². The highest BCUT2D eigenvalue weighted by Crippen LogP contribution is 2.44. The molecule has 0 unspecified atom stereocenters. The molecule has 0 aromatic heterocycles. The molecule has 2 rings (SSSR count). The van der Waals surface area contributed by atoms with Gasteiger partial charge in [0.15, 0.2) is 0 Å². The summed E-state index contributed by atoms with van der Waals surface area (Å²) >= 11 is 0. The summed E-state index contributed by atoms with van der Waals surface area (Å²) in [4.78, 5) is 0. The van der Waals surface area contributed by atoms with Crippen LogP contribution >= 0.6 is 0 Å². The molecule has 1 fully saturated rings. The van der Waals surface area contributed by atoms with Gasteiger partial charge in [0.2, 0.25) is 0 Å². The maximum atomic E-state index is 10.2. The van der Waals surface area contributed by atoms with Gasteiger partial charge in [0.25, 0.3) is 0 Å². The quantitative estimate of drug-likeness (QED) is 0.736. The second-order valence-corrected chi connectivity index (χ2v) is 6.48. The van der Waals surface area contributed by atoms with E-state index in [1.54, 1.807) is 13.8 Å². The summed E-state index contributed by atoms with van der Waals surface area (Å²) in [7, 11) is -0.869. The van der Waals surface area contributed by atoms with Crippen LogP contribution in [0.25, 0.3) is 0 Å². The van der Waals surface area contributed by atoms with Crippen molar-refractivity contribution in [1.82, 2.24) is 0 Å². The zero-order valence-corrected chi connectivity index (χ0v) is 11.2. The van der Waals surface area contributed by atoms with Gasteiger partial charge in [0.05, 0.1) is 11.2 Å². The summed E-state index contributed by atoms with van der Waals surface area (Å²) in [5, 5.41) is 20.2. The molecule has 4 heteroatoms. The van der Waals surface area contributed by atoms with Gasteiger partial charge in [0.1, 0.15) is 0 Å². The maximum Gasteiger partial charge on any atom is 0.487 e. The lowest BCUT2D eigenvalue weighted by Gasteiger charge is -2.39. The minimum atomic E-state index is -0.980. The van der Waals surface area contributed by atoms with Crippen LogP contribution in [0, 0.1) is 11.8 Å². The third-order valence-corrected chi connectivity index (χ3v) is 4.54. The molecule has 17 heavy (non-hydrogen) atoms. The van der Waals surface area contributed by atoms with Gasteiger partial charge in [-0.05, 0) is 64.3 Å². The molecule has 0 aromatic rings. The largest absolute Gasteiger partial charge is 0.487 e. The lowest BCUT2D eigenvalue weighted by atomic mass is 9.70. The van der Waals surface area contributed by atoms with E-state index in [0.717, 1.165) is 5.47 Å². The number of fused-ring (bicyclic) bond motifs is 2. The molecule has 2 aliphatic rings. The average Bonchev–Trinajstić information content (AvgIpc) is 2.75. The summed E-state index contributed by atoms with van der Waals surface area (Å²) in [5.74, 6) is 1.13. The van der Waals surface area contributed by atoms with Crippen LogP contribution in [0.5, 0.6) is 0 Å². The van der Waals surface area contributed by atoms with Crippen LogP contribution in [-0.4, -0.2) is 28.5 Å². The van der Waals surface area contributed by atoms with Crippen molar-refractivity contribution < 1.29 is 14.8 Å². The Labute approximate surface area is 104 Å². The van der Waals surface area contributed by atoms with E-state index in [2.05, 4.69) is 6.08 Å². The smallest absolute Gasteiger partial charge is 0.423 e. The van der Waals surface area contributed by atoms with Crippen molar-refractivity contribution in [1.29, 1.82) is 0 Å². The van der Waals surface area contributed by atoms with Crippen LogP contribution in [0.15, 0.2) is 11.5 Å². The minimum Gasteiger partial charge on any atom is -0.423 e. The van der Waals surface area contributed by atoms with Crippen molar-refractivity contribution in [3.8, 4) is 0 Å². The van der Waals surface area contributed by atoms with Gasteiger partial charge in [-0.3, -0.25) is 0 Å². The van der Waals surface area contributed by atoms with Crippen LogP contribution in [0.2, 0.25) is 0 Å². The average molecular weight is 238 g/mol. The Balaban J connectivity index is 2.03. The predicted octanol–water partition coefficient (Wildman–Crippen LogP) is 1.93. The molecule has 0 aliphatic heterocycles. The zero-order valence-electron chi connectivity index (χ0n) is 11.2. The van der Waals surface area contributed by atoms with Crippen LogP contribution in [0.4, 0.5) is 0 Å². The molecule has 2 atom stereocenters. The molecule has 0 saturated heterocycles. The van der Waals surface area contributed by atoms with E-state index in [1.807, 2.05) is 13.8 Å². The lowest BCUT2D eigenvalue weighted by molar-refractivity contribution is -0.0991. The molecule has 1 saturated carbocycles. The number of hydrogen-bond acceptors (Lipinski definition) is 3. The fraction of sp³-hybridized carbons (Fsp3) is 0.846. The Bertz CT molecular complexity index is 330. The first-order valence-electron chi connectivity index (χ1n) is 6.50. The van der Waals surface area contributed by atoms with Crippen molar-refractivity contribution in [2.75, 3.05) is 0 Å². The molecule has 2 aliphatic carbocycles. The highest BCUT2D eigenvalue weighted by atomic mass is 16.5. The van der Waals surface area contributed by atoms with E-state index in [1.165, 1.54) is 19.3 Å². The molecule has 3 nitrogen and oxygen atoms in total. The molecule has 0 heterocycles. The predicted molar refractivity (Wildman–Crippen MR) is 68.3 cm³/mol. The third-order valence-electron chi connectivity index (χ3n) is 4.54. The first kappa shape index (κ1) is 13.1. The topological polar surface area (TPSA) is 49.7 Å². The molecule has 96 valence electrons. The van der Waals surface area contributed by atoms with Crippen molar-refractivity contribution in [3.05, 3.63) is 11.5 Å². The molecule has 2 bridgehead atoms. The molecule has 2 N–H and O–H groups in total. The lowest BCUT2D eigenvalue weighted by Crippen LogP contribution is -2.51. The Morgan fingerprint density at radius 1 is 1.29 bits per heavy atom. The summed E-state index contributed by atoms with van der Waals surface area (Å²) in [6.45, 7) is 7.03. The van der Waals surface area contributed by atoms with E-state index in [-0.39, 0.29) is 0 Å². The van der Waals surface area contributed by atoms with Crippen molar-refractivity contribution in [2.24, 2.45) is 11.8 Å². The van der Waals surface area contributed by atoms with Gasteiger partial charge < -0.3 is 14.8 Å². The first-order chi connectivity index (χ1) is 7.71. The highest BCUT2D eigenvalue weighted by molar-refractivity contribution is 6.52. The molecular formula is C13H23BO3. The number of allylic oxidation sites excluding steroid dienone is 2. The Kier molecular flexibility index (Phi) is 3.17. The van der Waals surface area contributed by atoms with E-state index in [4.69, 9.17) is 4.65 Å². The van der Waals surface area contributed by atoms with Gasteiger partial charge in [-0.1, -0.05) is 6.08 Å². The van der Waals surface area contributed by atoms with E-state index >= 15 is 0 Å². The van der Waals surface area contributed by atoms with Crippen LogP contribution in [-0.2, 0) is 4.65 Å². The van der Waals surface area contributed by atoms with E-state index in [9.17, 15) is 10.1 Å². The van der Waals surface area contributed by atoms with Crippen LogP contribution in [0.3, 0.4) is 0 Å². The minimum absolute atomic E-state index is 0.493. The summed E-state index contributed by atoms with van der Waals surface area (Å²) in [6, 6.07) is 0. The van der Waals surface area contributed by atoms with Crippen LogP contribution < -0.4 is 0 Å². The Hall–Kier alpha value is -0.315. The normalized spacial score (nSPS) is 28.5. The fourth-order valence-electron chi connectivity index (χ4n) is 2.65. The molecule has 0 amide bonds. The summed E-state index contributed by atoms with van der Waals surface area (Å²) in [6.07, 6.45) is 5.74. The first-order valence-corrected chi connectivity index (χ1v) is 6.50. The van der Waals surface area contributed by atoms with Gasteiger partial charge in [-0.25, -0.2) is 0 Å². The highest BCUT2D eigenvalue weighted by Gasteiger charge is 2.44. The summed E-state index contributed by atoms with van der Waals surface area (Å²) in [5.41, 5.74) is -0.722. The number of rotatable bonds is 4. The maximum absolute atomic E-state index is 10.2. The SMILES string of the molecule is CC(C)(O)C(C)(C)OB(O)C1=C[C@H]2CC[C@H]1C2. The van der Waals surface area contributed by atoms with Crippen LogP contribution in [0.1, 0.15) is 47.0 Å². The van der Waals surface area contributed by atoms with Gasteiger partial charge >= 0.3 is 7.12 Å². The van der Waals surface area contributed by atoms with Gasteiger partial charge in [-0.2, -0.15) is 0 Å². The standard InChI is InChI=1S/C13H23BO3/c1-12(2,15)13(3,4)17-14(16)11-8-9-5-6-10(11)7-9/h8-10,15-16H,5-7H2,1-4H3/t9-,10-/m0/s1. The molecule has 0 aromatic carbocycles. The van der Waals surface area contributed by atoms with E-state index in [0.29, 0.717) is 11.8 Å². The summed E-state index contributed by atoms with van der Waals surface area (Å²) < 4.78 is 5.68. The molecular weight excluding hydrogens is 215 g/mol. The fourth-order valence-corrected chi connectivity index (χ4v) is 2.65. The Morgan fingerprint density at radius 3 is 2.35 bits per heavy atom. The van der Waals surface area contributed by atoms with E-state index < -0.39 is 18.3 Å².